The molecule has 0 aliphatic rings. The number of halogens is 2. The van der Waals surface area contributed by atoms with E-state index in [9.17, 15) is 13.6 Å². The number of hydrogen-bond acceptors (Lipinski definition) is 4. The van der Waals surface area contributed by atoms with Crippen LogP contribution in [0.15, 0.2) is 30.3 Å². The Morgan fingerprint density at radius 2 is 2.13 bits per heavy atom. The van der Waals surface area contributed by atoms with Gasteiger partial charge in [0.05, 0.1) is 0 Å². The Morgan fingerprint density at radius 3 is 2.78 bits per heavy atom. The summed E-state index contributed by atoms with van der Waals surface area (Å²) in [5.74, 6) is -0.558. The summed E-state index contributed by atoms with van der Waals surface area (Å²) in [6.07, 6.45) is 0. The number of alkyl halides is 2. The maximum Gasteiger partial charge on any atom is 0.387 e. The molecule has 0 spiro atoms. The lowest BCUT2D eigenvalue weighted by Crippen LogP contribution is -2.17. The van der Waals surface area contributed by atoms with Crippen molar-refractivity contribution in [1.82, 2.24) is 0 Å². The fraction of sp³-hybridized carbons (Fsp3) is 0.312. The lowest BCUT2D eigenvalue weighted by molar-refractivity contribution is -0.0498. The summed E-state index contributed by atoms with van der Waals surface area (Å²) in [7, 11) is 1.94. The molecule has 1 aromatic carbocycles. The van der Waals surface area contributed by atoms with Gasteiger partial charge in [-0.25, -0.2) is 0 Å². The Balaban J connectivity index is 2.19. The molecule has 23 heavy (non-hydrogen) atoms. The van der Waals surface area contributed by atoms with Crippen molar-refractivity contribution in [2.45, 2.75) is 20.5 Å². The first-order valence-electron chi connectivity index (χ1n) is 7.08. The molecule has 0 saturated carbocycles. The molecule has 2 rings (SSSR count). The lowest BCUT2D eigenvalue weighted by Gasteiger charge is -2.17. The molecule has 7 heteroatoms. The molecule has 0 atom stereocenters. The molecule has 1 heterocycles. The van der Waals surface area contributed by atoms with Crippen LogP contribution in [-0.2, 0) is 0 Å². The van der Waals surface area contributed by atoms with E-state index in [2.05, 4.69) is 10.1 Å². The van der Waals surface area contributed by atoms with E-state index >= 15 is 0 Å². The van der Waals surface area contributed by atoms with E-state index in [4.69, 9.17) is 0 Å². The molecule has 1 amide bonds. The average Bonchev–Trinajstić information content (AvgIpc) is 2.86. The van der Waals surface area contributed by atoms with Gasteiger partial charge in [0.2, 0.25) is 0 Å². The van der Waals surface area contributed by atoms with Gasteiger partial charge in [-0.2, -0.15) is 8.78 Å². The number of rotatable bonds is 6. The smallest absolute Gasteiger partial charge is 0.387 e. The summed E-state index contributed by atoms with van der Waals surface area (Å²) in [6, 6.07) is 8.77. The quantitative estimate of drug-likeness (QED) is 0.849. The third-order valence-corrected chi connectivity index (χ3v) is 4.29. The molecule has 0 bridgehead atoms. The van der Waals surface area contributed by atoms with Crippen molar-refractivity contribution in [3.05, 3.63) is 40.1 Å². The van der Waals surface area contributed by atoms with E-state index in [0.717, 1.165) is 28.4 Å². The van der Waals surface area contributed by atoms with Crippen LogP contribution in [0.4, 0.5) is 20.2 Å². The molecule has 1 aromatic heterocycles. The predicted octanol–water partition coefficient (Wildman–Crippen LogP) is 4.37. The summed E-state index contributed by atoms with van der Waals surface area (Å²) in [6.45, 7) is 1.62. The number of benzene rings is 1. The van der Waals surface area contributed by atoms with Crippen molar-refractivity contribution < 1.29 is 18.3 Å². The first kappa shape index (κ1) is 17.2. The monoisotopic (exact) mass is 340 g/mol. The van der Waals surface area contributed by atoms with Crippen molar-refractivity contribution in [1.29, 1.82) is 0 Å². The fourth-order valence-corrected chi connectivity index (χ4v) is 2.86. The van der Waals surface area contributed by atoms with Gasteiger partial charge in [0.25, 0.3) is 5.91 Å². The first-order valence-corrected chi connectivity index (χ1v) is 7.90. The number of nitrogens with one attached hydrogen (secondary N) is 1. The van der Waals surface area contributed by atoms with Gasteiger partial charge in [-0.05, 0) is 38.1 Å². The van der Waals surface area contributed by atoms with Crippen LogP contribution in [0.25, 0.3) is 0 Å². The SMILES string of the molecule is CCN(C)c1cccc(NC(=O)c2sc(C)cc2OC(F)F)c1. The van der Waals surface area contributed by atoms with E-state index in [1.807, 2.05) is 37.1 Å². The van der Waals surface area contributed by atoms with Gasteiger partial charge in [0.1, 0.15) is 10.6 Å². The Morgan fingerprint density at radius 1 is 1.39 bits per heavy atom. The topological polar surface area (TPSA) is 41.6 Å². The molecule has 0 aliphatic heterocycles. The second-order valence-corrected chi connectivity index (χ2v) is 6.20. The Labute approximate surface area is 137 Å². The van der Waals surface area contributed by atoms with Gasteiger partial charge >= 0.3 is 6.61 Å². The van der Waals surface area contributed by atoms with Crippen LogP contribution in [0.5, 0.6) is 5.75 Å². The zero-order valence-corrected chi connectivity index (χ0v) is 13.9. The van der Waals surface area contributed by atoms with Crippen LogP contribution in [-0.4, -0.2) is 26.1 Å². The number of thiophene rings is 1. The summed E-state index contributed by atoms with van der Waals surface area (Å²) >= 11 is 1.12. The van der Waals surface area contributed by atoms with Gasteiger partial charge in [-0.1, -0.05) is 6.07 Å². The van der Waals surface area contributed by atoms with E-state index in [-0.39, 0.29) is 10.6 Å². The third kappa shape index (κ3) is 4.41. The molecular weight excluding hydrogens is 322 g/mol. The number of anilines is 2. The van der Waals surface area contributed by atoms with E-state index in [0.29, 0.717) is 5.69 Å². The Hall–Kier alpha value is -2.15. The minimum absolute atomic E-state index is 0.0955. The maximum atomic E-state index is 12.4. The van der Waals surface area contributed by atoms with Crippen LogP contribution >= 0.6 is 11.3 Å². The maximum absolute atomic E-state index is 12.4. The molecule has 124 valence electrons. The minimum Gasteiger partial charge on any atom is -0.433 e. The molecule has 2 aromatic rings. The second kappa shape index (κ2) is 7.41. The normalized spacial score (nSPS) is 10.7. The summed E-state index contributed by atoms with van der Waals surface area (Å²) in [5, 5.41) is 2.72. The number of aryl methyl sites for hydroxylation is 1. The van der Waals surface area contributed by atoms with Crippen molar-refractivity contribution in [3.8, 4) is 5.75 Å². The highest BCUT2D eigenvalue weighted by molar-refractivity contribution is 7.14. The van der Waals surface area contributed by atoms with Crippen LogP contribution < -0.4 is 15.0 Å². The molecule has 0 aliphatic carbocycles. The van der Waals surface area contributed by atoms with Crippen molar-refractivity contribution in [3.63, 3.8) is 0 Å². The van der Waals surface area contributed by atoms with Gasteiger partial charge in [-0.3, -0.25) is 4.79 Å². The first-order chi connectivity index (χ1) is 10.9. The summed E-state index contributed by atoms with van der Waals surface area (Å²) < 4.78 is 29.3. The number of carbonyl (C=O) groups is 1. The van der Waals surface area contributed by atoms with Crippen LogP contribution in [0.2, 0.25) is 0 Å². The number of nitrogens with zero attached hydrogens (tertiary/aromatic N) is 1. The highest BCUT2D eigenvalue weighted by Crippen LogP contribution is 2.31. The van der Waals surface area contributed by atoms with E-state index in [1.165, 1.54) is 6.07 Å². The number of amides is 1. The standard InChI is InChI=1S/C16H18F2N2O2S/c1-4-20(3)12-7-5-6-11(9-12)19-15(21)14-13(22-16(17)18)8-10(2)23-14/h5-9,16H,4H2,1-3H3,(H,19,21). The molecule has 1 N–H and O–H groups in total. The highest BCUT2D eigenvalue weighted by Gasteiger charge is 2.19. The number of hydrogen-bond donors (Lipinski definition) is 1. The molecular formula is C16H18F2N2O2S. The molecule has 4 nitrogen and oxygen atoms in total. The van der Waals surface area contributed by atoms with Gasteiger partial charge in [-0.15, -0.1) is 11.3 Å². The summed E-state index contributed by atoms with van der Waals surface area (Å²) in [4.78, 5) is 15.2. The molecule has 0 saturated heterocycles. The Kier molecular flexibility index (Phi) is 5.54. The van der Waals surface area contributed by atoms with Crippen molar-refractivity contribution >= 4 is 28.6 Å². The zero-order valence-electron chi connectivity index (χ0n) is 13.1. The van der Waals surface area contributed by atoms with Crippen LogP contribution in [0.3, 0.4) is 0 Å². The van der Waals surface area contributed by atoms with E-state index in [1.54, 1.807) is 13.0 Å². The predicted molar refractivity (Wildman–Crippen MR) is 89.0 cm³/mol. The zero-order chi connectivity index (χ0) is 17.0. The summed E-state index contributed by atoms with van der Waals surface area (Å²) in [5.41, 5.74) is 1.55. The highest BCUT2D eigenvalue weighted by atomic mass is 32.1. The lowest BCUT2D eigenvalue weighted by atomic mass is 10.2. The molecule has 0 radical (unpaired) electrons. The third-order valence-electron chi connectivity index (χ3n) is 3.26. The molecule has 0 fully saturated rings. The number of ether oxygens (including phenoxy) is 1. The number of carbonyl (C=O) groups excluding carboxylic acids is 1. The molecule has 0 unspecified atom stereocenters. The van der Waals surface area contributed by atoms with Crippen LogP contribution in [0, 0.1) is 6.92 Å². The van der Waals surface area contributed by atoms with Gasteiger partial charge < -0.3 is 15.0 Å². The Bertz CT molecular complexity index is 688. The average molecular weight is 340 g/mol. The van der Waals surface area contributed by atoms with Crippen molar-refractivity contribution in [2.24, 2.45) is 0 Å². The van der Waals surface area contributed by atoms with Gasteiger partial charge in [0, 0.05) is 29.8 Å². The second-order valence-electron chi connectivity index (χ2n) is 4.95. The van der Waals surface area contributed by atoms with E-state index < -0.39 is 12.5 Å². The van der Waals surface area contributed by atoms with Crippen molar-refractivity contribution in [2.75, 3.05) is 23.8 Å². The minimum atomic E-state index is -2.96. The van der Waals surface area contributed by atoms with Crippen LogP contribution in [0.1, 0.15) is 21.5 Å². The fourth-order valence-electron chi connectivity index (χ4n) is 2.02. The van der Waals surface area contributed by atoms with Gasteiger partial charge in [0.15, 0.2) is 0 Å². The largest absolute Gasteiger partial charge is 0.433 e.